The van der Waals surface area contributed by atoms with Gasteiger partial charge in [0.1, 0.15) is 5.82 Å². The number of aromatic nitrogens is 4. The summed E-state index contributed by atoms with van der Waals surface area (Å²) in [5.41, 5.74) is 1.12. The Morgan fingerprint density at radius 2 is 1.92 bits per heavy atom. The summed E-state index contributed by atoms with van der Waals surface area (Å²) in [6, 6.07) is 13.0. The van der Waals surface area contributed by atoms with E-state index in [1.165, 1.54) is 21.9 Å². The van der Waals surface area contributed by atoms with Crippen molar-refractivity contribution in [2.45, 2.75) is 24.7 Å². The Kier molecular flexibility index (Phi) is 6.95. The van der Waals surface area contributed by atoms with Crippen molar-refractivity contribution in [2.75, 3.05) is 31.1 Å². The fourth-order valence-corrected chi connectivity index (χ4v) is 6.38. The third-order valence-electron chi connectivity index (χ3n) is 5.96. The highest BCUT2D eigenvalue weighted by Crippen LogP contribution is 2.27. The molecule has 192 valence electrons. The molecular weight excluding hydrogens is 518 g/mol. The topological polar surface area (TPSA) is 148 Å². The molecule has 1 aliphatic heterocycles. The first kappa shape index (κ1) is 24.9. The number of anilines is 1. The van der Waals surface area contributed by atoms with Crippen LogP contribution >= 0.6 is 11.5 Å². The van der Waals surface area contributed by atoms with Crippen LogP contribution in [0.25, 0.3) is 11.5 Å². The molecule has 37 heavy (non-hydrogen) atoms. The van der Waals surface area contributed by atoms with Crippen molar-refractivity contribution < 1.29 is 17.8 Å². The van der Waals surface area contributed by atoms with E-state index >= 15 is 0 Å². The number of rotatable bonds is 7. The maximum Gasteiger partial charge on any atom is 0.273 e. The summed E-state index contributed by atoms with van der Waals surface area (Å²) in [5.74, 6) is 1.17. The van der Waals surface area contributed by atoms with E-state index in [4.69, 9.17) is 4.42 Å². The quantitative estimate of drug-likeness (QED) is 0.252. The zero-order chi connectivity index (χ0) is 26.0. The van der Waals surface area contributed by atoms with Crippen LogP contribution in [0.15, 0.2) is 57.8 Å². The van der Waals surface area contributed by atoms with Crippen molar-refractivity contribution in [1.29, 1.82) is 0 Å². The van der Waals surface area contributed by atoms with Crippen LogP contribution in [0.1, 0.15) is 23.7 Å². The Bertz CT molecular complexity index is 1540. The van der Waals surface area contributed by atoms with Crippen LogP contribution in [0.2, 0.25) is 0 Å². The predicted molar refractivity (Wildman–Crippen MR) is 136 cm³/mol. The lowest BCUT2D eigenvalue weighted by molar-refractivity contribution is -0.385. The van der Waals surface area contributed by atoms with Crippen LogP contribution in [0.5, 0.6) is 0 Å². The smallest absolute Gasteiger partial charge is 0.273 e. The predicted octanol–water partition coefficient (Wildman–Crippen LogP) is 3.30. The second-order valence-electron chi connectivity index (χ2n) is 8.45. The Hall–Kier alpha value is -3.75. The van der Waals surface area contributed by atoms with Crippen molar-refractivity contribution >= 4 is 32.4 Å². The van der Waals surface area contributed by atoms with Crippen LogP contribution in [0, 0.1) is 17.0 Å². The average Bonchev–Trinajstić information content (AvgIpc) is 3.46. The summed E-state index contributed by atoms with van der Waals surface area (Å²) in [5, 5.41) is 19.8. The molecule has 1 fully saturated rings. The van der Waals surface area contributed by atoms with Gasteiger partial charge in [-0.15, -0.1) is 10.2 Å². The Labute approximate surface area is 217 Å². The van der Waals surface area contributed by atoms with Gasteiger partial charge in [-0.1, -0.05) is 24.3 Å². The molecule has 0 saturated carbocycles. The van der Waals surface area contributed by atoms with E-state index in [1.807, 2.05) is 4.90 Å². The van der Waals surface area contributed by atoms with E-state index in [9.17, 15) is 18.5 Å². The standard InChI is InChI=1S/C23H23N7O5S2/c1-16-25-26-22(35-16)18-7-4-8-19(14-18)37(33,34)29-11-5-10-28(12-13-29)23-24-21(27-36-23)15-17-6-2-3-9-20(17)30(31)32/h2-4,6-9,14H,5,10-13,15H2,1H3. The first-order chi connectivity index (χ1) is 17.8. The highest BCUT2D eigenvalue weighted by atomic mass is 32.2. The minimum atomic E-state index is -3.74. The average molecular weight is 542 g/mol. The van der Waals surface area contributed by atoms with Gasteiger partial charge in [0.15, 0.2) is 0 Å². The SMILES string of the molecule is Cc1nnc(-c2cccc(S(=O)(=O)N3CCCN(c4nc(Cc5ccccc5[N+](=O)[O-])ns4)CC3)c2)o1. The van der Waals surface area contributed by atoms with E-state index in [0.29, 0.717) is 54.0 Å². The van der Waals surface area contributed by atoms with Crippen molar-refractivity contribution in [1.82, 2.24) is 23.9 Å². The van der Waals surface area contributed by atoms with Crippen LogP contribution in [0.4, 0.5) is 10.8 Å². The van der Waals surface area contributed by atoms with Crippen LogP contribution < -0.4 is 4.90 Å². The molecule has 2 aromatic heterocycles. The second kappa shape index (κ2) is 10.3. The molecule has 2 aromatic carbocycles. The zero-order valence-corrected chi connectivity index (χ0v) is 21.5. The number of sulfonamides is 1. The molecule has 0 unspecified atom stereocenters. The third kappa shape index (κ3) is 5.35. The van der Waals surface area contributed by atoms with E-state index in [2.05, 4.69) is 19.6 Å². The maximum absolute atomic E-state index is 13.4. The van der Waals surface area contributed by atoms with E-state index in [1.54, 1.807) is 49.4 Å². The number of nitro benzene ring substituents is 1. The minimum Gasteiger partial charge on any atom is -0.421 e. The molecule has 1 aliphatic rings. The van der Waals surface area contributed by atoms with Gasteiger partial charge in [0.25, 0.3) is 5.69 Å². The minimum absolute atomic E-state index is 0.0350. The normalized spacial score (nSPS) is 15.0. The molecule has 4 aromatic rings. The lowest BCUT2D eigenvalue weighted by Crippen LogP contribution is -2.35. The van der Waals surface area contributed by atoms with Gasteiger partial charge in [-0.2, -0.15) is 8.68 Å². The second-order valence-corrected chi connectivity index (χ2v) is 11.1. The maximum atomic E-state index is 13.4. The summed E-state index contributed by atoms with van der Waals surface area (Å²) in [6.45, 7) is 3.39. The molecule has 1 saturated heterocycles. The number of hydrogen-bond donors (Lipinski definition) is 0. The van der Waals surface area contributed by atoms with Gasteiger partial charge in [-0.05, 0) is 24.6 Å². The monoisotopic (exact) mass is 541 g/mol. The largest absolute Gasteiger partial charge is 0.421 e. The molecule has 0 aliphatic carbocycles. The fraction of sp³-hybridized carbons (Fsp3) is 0.304. The fourth-order valence-electron chi connectivity index (χ4n) is 4.13. The van der Waals surface area contributed by atoms with E-state index < -0.39 is 14.9 Å². The Morgan fingerprint density at radius 3 is 2.70 bits per heavy atom. The van der Waals surface area contributed by atoms with Crippen molar-refractivity contribution in [2.24, 2.45) is 0 Å². The number of nitro groups is 1. The summed E-state index contributed by atoms with van der Waals surface area (Å²) in [6.07, 6.45) is 0.860. The van der Waals surface area contributed by atoms with Gasteiger partial charge in [-0.25, -0.2) is 13.4 Å². The van der Waals surface area contributed by atoms with E-state index in [0.717, 1.165) is 0 Å². The molecule has 3 heterocycles. The van der Waals surface area contributed by atoms with Gasteiger partial charge >= 0.3 is 0 Å². The van der Waals surface area contributed by atoms with Gasteiger partial charge in [-0.3, -0.25) is 10.1 Å². The van der Waals surface area contributed by atoms with Gasteiger partial charge < -0.3 is 9.32 Å². The highest BCUT2D eigenvalue weighted by molar-refractivity contribution is 7.89. The number of hydrogen-bond acceptors (Lipinski definition) is 11. The zero-order valence-electron chi connectivity index (χ0n) is 19.8. The lowest BCUT2D eigenvalue weighted by atomic mass is 10.1. The van der Waals surface area contributed by atoms with Crippen LogP contribution in [0.3, 0.4) is 0 Å². The van der Waals surface area contributed by atoms with Crippen molar-refractivity contribution in [3.63, 3.8) is 0 Å². The first-order valence-electron chi connectivity index (χ1n) is 11.5. The summed E-state index contributed by atoms with van der Waals surface area (Å²) in [4.78, 5) is 17.6. The molecule has 0 N–H and O–H groups in total. The Morgan fingerprint density at radius 1 is 1.08 bits per heavy atom. The van der Waals surface area contributed by atoms with Gasteiger partial charge in [0.05, 0.1) is 9.82 Å². The molecule has 0 amide bonds. The highest BCUT2D eigenvalue weighted by Gasteiger charge is 2.28. The summed E-state index contributed by atoms with van der Waals surface area (Å²) >= 11 is 1.21. The van der Waals surface area contributed by atoms with Crippen LogP contribution in [-0.2, 0) is 16.4 Å². The molecule has 0 radical (unpaired) electrons. The van der Waals surface area contributed by atoms with Gasteiger partial charge in [0.2, 0.25) is 26.9 Å². The molecule has 5 rings (SSSR count). The molecule has 14 heteroatoms. The molecule has 0 atom stereocenters. The first-order valence-corrected chi connectivity index (χ1v) is 13.7. The van der Waals surface area contributed by atoms with Gasteiger partial charge in [0, 0.05) is 68.2 Å². The summed E-state index contributed by atoms with van der Waals surface area (Å²) in [7, 11) is -3.74. The molecule has 0 spiro atoms. The Balaban J connectivity index is 1.28. The number of para-hydroxylation sites is 1. The van der Waals surface area contributed by atoms with Crippen molar-refractivity contribution in [3.8, 4) is 11.5 Å². The molecule has 0 bridgehead atoms. The molecular formula is C23H23N7O5S2. The molecule has 12 nitrogen and oxygen atoms in total. The van der Waals surface area contributed by atoms with Crippen molar-refractivity contribution in [3.05, 3.63) is 75.9 Å². The summed E-state index contributed by atoms with van der Waals surface area (Å²) < 4.78 is 38.2. The number of nitrogens with zero attached hydrogens (tertiary/aromatic N) is 7. The lowest BCUT2D eigenvalue weighted by Gasteiger charge is -2.21. The number of aryl methyl sites for hydroxylation is 1. The van der Waals surface area contributed by atoms with Crippen LogP contribution in [-0.4, -0.2) is 63.4 Å². The van der Waals surface area contributed by atoms with E-state index in [-0.39, 0.29) is 29.4 Å². The number of benzene rings is 2. The third-order valence-corrected chi connectivity index (χ3v) is 8.67.